The molecule has 2 aromatic heterocycles. The van der Waals surface area contributed by atoms with Gasteiger partial charge in [-0.1, -0.05) is 12.1 Å². The minimum Gasteiger partial charge on any atom is -0.271 e. The van der Waals surface area contributed by atoms with Crippen LogP contribution >= 0.6 is 11.3 Å². The topological polar surface area (TPSA) is 25.2 Å². The van der Waals surface area contributed by atoms with Gasteiger partial charge < -0.3 is 0 Å². The maximum absolute atomic E-state index is 4.66. The molecular formula is C13H12N2S. The molecule has 3 heteroatoms. The Labute approximate surface area is 98.0 Å². The molecule has 2 nitrogen and oxygen atoms in total. The van der Waals surface area contributed by atoms with Crippen LogP contribution in [-0.4, -0.2) is 11.0 Å². The quantitative estimate of drug-likeness (QED) is 0.733. The number of thiophene rings is 1. The SMILES string of the molecule is CC1CC=c2cc(-c3cccnc3)sc2=N1. The van der Waals surface area contributed by atoms with Gasteiger partial charge in [0.1, 0.15) is 4.67 Å². The fourth-order valence-electron chi connectivity index (χ4n) is 1.84. The van der Waals surface area contributed by atoms with Gasteiger partial charge in [0.25, 0.3) is 0 Å². The Morgan fingerprint density at radius 3 is 3.19 bits per heavy atom. The zero-order chi connectivity index (χ0) is 11.0. The second kappa shape index (κ2) is 3.83. The minimum absolute atomic E-state index is 0.424. The third kappa shape index (κ3) is 1.67. The Morgan fingerprint density at radius 2 is 2.38 bits per heavy atom. The largest absolute Gasteiger partial charge is 0.271 e. The van der Waals surface area contributed by atoms with E-state index < -0.39 is 0 Å². The normalized spacial score (nSPS) is 18.4. The number of fused-ring (bicyclic) bond motifs is 1. The number of rotatable bonds is 1. The van der Waals surface area contributed by atoms with Crippen molar-refractivity contribution in [1.82, 2.24) is 4.98 Å². The Balaban J connectivity index is 2.17. The molecule has 1 unspecified atom stereocenters. The molecule has 0 radical (unpaired) electrons. The molecule has 3 heterocycles. The van der Waals surface area contributed by atoms with Crippen LogP contribution in [0.1, 0.15) is 13.3 Å². The zero-order valence-electron chi connectivity index (χ0n) is 9.05. The van der Waals surface area contributed by atoms with Gasteiger partial charge in [-0.3, -0.25) is 9.98 Å². The van der Waals surface area contributed by atoms with E-state index >= 15 is 0 Å². The van der Waals surface area contributed by atoms with Gasteiger partial charge in [-0.15, -0.1) is 11.3 Å². The lowest BCUT2D eigenvalue weighted by Gasteiger charge is -2.02. The van der Waals surface area contributed by atoms with E-state index in [1.165, 1.54) is 15.7 Å². The van der Waals surface area contributed by atoms with Crippen LogP contribution in [0, 0.1) is 0 Å². The summed E-state index contributed by atoms with van der Waals surface area (Å²) in [6.07, 6.45) is 7.04. The molecule has 1 aliphatic heterocycles. The van der Waals surface area contributed by atoms with E-state index in [4.69, 9.17) is 0 Å². The van der Waals surface area contributed by atoms with E-state index in [0.29, 0.717) is 6.04 Å². The van der Waals surface area contributed by atoms with Crippen molar-refractivity contribution < 1.29 is 0 Å². The Morgan fingerprint density at radius 1 is 1.44 bits per heavy atom. The van der Waals surface area contributed by atoms with Crippen LogP contribution in [0.25, 0.3) is 16.5 Å². The van der Waals surface area contributed by atoms with Crippen LogP contribution in [0.3, 0.4) is 0 Å². The summed E-state index contributed by atoms with van der Waals surface area (Å²) in [5.74, 6) is 0. The van der Waals surface area contributed by atoms with Crippen LogP contribution in [0.4, 0.5) is 0 Å². The highest BCUT2D eigenvalue weighted by Gasteiger charge is 2.07. The third-order valence-corrected chi connectivity index (χ3v) is 3.81. The molecule has 0 amide bonds. The van der Waals surface area contributed by atoms with Crippen molar-refractivity contribution in [3.8, 4) is 10.4 Å². The maximum Gasteiger partial charge on any atom is 0.118 e. The summed E-state index contributed by atoms with van der Waals surface area (Å²) in [6, 6.07) is 6.70. The smallest absolute Gasteiger partial charge is 0.118 e. The molecule has 1 aliphatic rings. The van der Waals surface area contributed by atoms with E-state index in [0.717, 1.165) is 11.1 Å². The molecule has 0 aliphatic carbocycles. The maximum atomic E-state index is 4.66. The molecule has 0 aromatic carbocycles. The first-order valence-corrected chi connectivity index (χ1v) is 6.23. The number of hydrogen-bond acceptors (Lipinski definition) is 3. The predicted octanol–water partition coefficient (Wildman–Crippen LogP) is 2.00. The fourth-order valence-corrected chi connectivity index (χ4v) is 2.97. The van der Waals surface area contributed by atoms with E-state index in [1.807, 2.05) is 12.3 Å². The molecule has 16 heavy (non-hydrogen) atoms. The van der Waals surface area contributed by atoms with Gasteiger partial charge >= 0.3 is 0 Å². The molecule has 1 atom stereocenters. The van der Waals surface area contributed by atoms with Crippen molar-refractivity contribution in [2.75, 3.05) is 0 Å². The van der Waals surface area contributed by atoms with Crippen molar-refractivity contribution >= 4 is 17.4 Å². The van der Waals surface area contributed by atoms with Crippen molar-refractivity contribution in [2.45, 2.75) is 19.4 Å². The fraction of sp³-hybridized carbons (Fsp3) is 0.231. The third-order valence-electron chi connectivity index (χ3n) is 2.70. The first kappa shape index (κ1) is 9.73. The van der Waals surface area contributed by atoms with Crippen molar-refractivity contribution in [3.63, 3.8) is 0 Å². The summed E-state index contributed by atoms with van der Waals surface area (Å²) in [5, 5.41) is 1.28. The second-order valence-electron chi connectivity index (χ2n) is 4.03. The number of aromatic nitrogens is 1. The van der Waals surface area contributed by atoms with Crippen LogP contribution < -0.4 is 9.89 Å². The van der Waals surface area contributed by atoms with E-state index in [2.05, 4.69) is 35.1 Å². The number of pyridine rings is 1. The lowest BCUT2D eigenvalue weighted by atomic mass is 10.1. The summed E-state index contributed by atoms with van der Waals surface area (Å²) in [7, 11) is 0. The molecule has 0 saturated heterocycles. The summed E-state index contributed by atoms with van der Waals surface area (Å²) in [4.78, 5) is 10.1. The van der Waals surface area contributed by atoms with Crippen molar-refractivity contribution in [3.05, 3.63) is 40.5 Å². The lowest BCUT2D eigenvalue weighted by Crippen LogP contribution is -2.24. The van der Waals surface area contributed by atoms with Crippen molar-refractivity contribution in [1.29, 1.82) is 0 Å². The Hall–Kier alpha value is -1.48. The summed E-state index contributed by atoms with van der Waals surface area (Å²) < 4.78 is 1.16. The van der Waals surface area contributed by atoms with Gasteiger partial charge in [0.15, 0.2) is 0 Å². The van der Waals surface area contributed by atoms with Crippen LogP contribution in [-0.2, 0) is 0 Å². The summed E-state index contributed by atoms with van der Waals surface area (Å²) in [6.45, 7) is 2.16. The molecular weight excluding hydrogens is 216 g/mol. The Kier molecular flexibility index (Phi) is 2.33. The standard InChI is InChI=1S/C13H12N2S/c1-9-4-5-10-7-12(16-13(10)15-9)11-3-2-6-14-8-11/h2-3,5-9H,4H2,1H3. The van der Waals surface area contributed by atoms with E-state index in [1.54, 1.807) is 17.5 Å². The average Bonchev–Trinajstić information content (AvgIpc) is 2.73. The second-order valence-corrected chi connectivity index (χ2v) is 5.06. The van der Waals surface area contributed by atoms with Gasteiger partial charge in [-0.05, 0) is 25.5 Å². The molecule has 0 fully saturated rings. The molecule has 0 saturated carbocycles. The van der Waals surface area contributed by atoms with Gasteiger partial charge in [0.05, 0.1) is 6.04 Å². The molecule has 80 valence electrons. The van der Waals surface area contributed by atoms with Crippen LogP contribution in [0.5, 0.6) is 0 Å². The molecule has 0 bridgehead atoms. The molecule has 2 aromatic rings. The van der Waals surface area contributed by atoms with E-state index in [-0.39, 0.29) is 0 Å². The monoisotopic (exact) mass is 228 g/mol. The Bertz CT molecular complexity index is 613. The summed E-state index contributed by atoms with van der Waals surface area (Å²) >= 11 is 1.75. The van der Waals surface area contributed by atoms with Crippen LogP contribution in [0.15, 0.2) is 35.6 Å². The lowest BCUT2D eigenvalue weighted by molar-refractivity contribution is 0.746. The van der Waals surface area contributed by atoms with Crippen molar-refractivity contribution in [2.24, 2.45) is 4.99 Å². The highest BCUT2D eigenvalue weighted by molar-refractivity contribution is 7.13. The van der Waals surface area contributed by atoms with Crippen LogP contribution in [0.2, 0.25) is 0 Å². The zero-order valence-corrected chi connectivity index (χ0v) is 9.87. The molecule has 0 spiro atoms. The highest BCUT2D eigenvalue weighted by Crippen LogP contribution is 2.19. The average molecular weight is 228 g/mol. The number of nitrogens with zero attached hydrogens (tertiary/aromatic N) is 2. The molecule has 3 rings (SSSR count). The van der Waals surface area contributed by atoms with Gasteiger partial charge in [0.2, 0.25) is 0 Å². The minimum atomic E-state index is 0.424. The van der Waals surface area contributed by atoms with Gasteiger partial charge in [-0.2, -0.15) is 0 Å². The van der Waals surface area contributed by atoms with Gasteiger partial charge in [0, 0.05) is 28.1 Å². The van der Waals surface area contributed by atoms with Gasteiger partial charge in [-0.25, -0.2) is 0 Å². The van der Waals surface area contributed by atoms with E-state index in [9.17, 15) is 0 Å². The summed E-state index contributed by atoms with van der Waals surface area (Å²) in [5.41, 5.74) is 1.18. The first-order chi connectivity index (χ1) is 7.83. The highest BCUT2D eigenvalue weighted by atomic mass is 32.1. The first-order valence-electron chi connectivity index (χ1n) is 5.41. The molecule has 0 N–H and O–H groups in total. The number of hydrogen-bond donors (Lipinski definition) is 0. The predicted molar refractivity (Wildman–Crippen MR) is 66.9 cm³/mol.